The minimum Gasteiger partial charge on any atom is -0.290 e. The van der Waals surface area contributed by atoms with Crippen LogP contribution in [-0.4, -0.2) is 14.5 Å². The van der Waals surface area contributed by atoms with Crippen molar-refractivity contribution in [3.8, 4) is 17.1 Å². The van der Waals surface area contributed by atoms with Gasteiger partial charge in [-0.2, -0.15) is 0 Å². The number of benzene rings is 9. The molecule has 0 aliphatic heterocycles. The van der Waals surface area contributed by atoms with E-state index in [0.29, 0.717) is 0 Å². The second-order valence-corrected chi connectivity index (χ2v) is 14.8. The Kier molecular flexibility index (Phi) is 5.65. The third-order valence-corrected chi connectivity index (χ3v) is 12.1. The standard InChI is InChI=1S/C48H27N3S/c1-2-15-31-27-41-38(26-30(31)14-1)43-35-20-8-7-19-34(35)42-37-21-9-10-23-40(37)51(46(42)47(43)52-41)48-45(36-22-11-16-28-12-3-5-17-32(28)36)49-39-25-24-29-13-4-6-18-33(29)44(39)50-48/h1-27H. The van der Waals surface area contributed by atoms with Crippen molar-refractivity contribution in [1.82, 2.24) is 14.5 Å². The molecule has 0 bridgehead atoms. The van der Waals surface area contributed by atoms with Gasteiger partial charge in [0.15, 0.2) is 5.82 Å². The summed E-state index contributed by atoms with van der Waals surface area (Å²) >= 11 is 1.89. The van der Waals surface area contributed by atoms with Gasteiger partial charge in [0.1, 0.15) is 5.69 Å². The normalized spacial score (nSPS) is 12.2. The first-order chi connectivity index (χ1) is 25.8. The summed E-state index contributed by atoms with van der Waals surface area (Å²) in [6.45, 7) is 0. The van der Waals surface area contributed by atoms with Gasteiger partial charge in [-0.15, -0.1) is 11.3 Å². The van der Waals surface area contributed by atoms with Gasteiger partial charge in [0.25, 0.3) is 0 Å². The molecule has 0 saturated carbocycles. The van der Waals surface area contributed by atoms with Gasteiger partial charge in [0, 0.05) is 37.2 Å². The molecular formula is C48H27N3S. The number of hydrogen-bond acceptors (Lipinski definition) is 3. The average Bonchev–Trinajstić information content (AvgIpc) is 3.75. The van der Waals surface area contributed by atoms with Gasteiger partial charge in [-0.3, -0.25) is 4.57 Å². The molecule has 9 aromatic carbocycles. The predicted molar refractivity (Wildman–Crippen MR) is 222 cm³/mol. The van der Waals surface area contributed by atoms with Crippen LogP contribution in [0.15, 0.2) is 164 Å². The Labute approximate surface area is 301 Å². The third kappa shape index (κ3) is 3.79. The van der Waals surface area contributed by atoms with Crippen molar-refractivity contribution in [2.24, 2.45) is 0 Å². The molecule has 0 spiro atoms. The lowest BCUT2D eigenvalue weighted by molar-refractivity contribution is 1.09. The summed E-state index contributed by atoms with van der Waals surface area (Å²) < 4.78 is 4.98. The largest absolute Gasteiger partial charge is 0.290 e. The highest BCUT2D eigenvalue weighted by Crippen LogP contribution is 2.49. The molecule has 12 rings (SSSR count). The van der Waals surface area contributed by atoms with Crippen LogP contribution in [0, 0.1) is 0 Å². The summed E-state index contributed by atoms with van der Waals surface area (Å²) in [6.07, 6.45) is 0. The van der Waals surface area contributed by atoms with Crippen LogP contribution in [0.1, 0.15) is 0 Å². The predicted octanol–water partition coefficient (Wildman–Crippen LogP) is 13.4. The van der Waals surface area contributed by atoms with E-state index < -0.39 is 0 Å². The van der Waals surface area contributed by atoms with E-state index in [9.17, 15) is 0 Å². The Balaban J connectivity index is 1.35. The topological polar surface area (TPSA) is 30.7 Å². The summed E-state index contributed by atoms with van der Waals surface area (Å²) in [7, 11) is 0. The van der Waals surface area contributed by atoms with Gasteiger partial charge in [0.05, 0.1) is 26.8 Å². The zero-order valence-electron chi connectivity index (χ0n) is 27.8. The second kappa shape index (κ2) is 10.5. The zero-order chi connectivity index (χ0) is 33.9. The summed E-state index contributed by atoms with van der Waals surface area (Å²) in [5.74, 6) is 0.839. The first kappa shape index (κ1) is 28.1. The van der Waals surface area contributed by atoms with Crippen molar-refractivity contribution in [3.05, 3.63) is 164 Å². The number of aromatic nitrogens is 3. The number of thiophene rings is 1. The summed E-state index contributed by atoms with van der Waals surface area (Å²) in [5, 5.41) is 14.7. The van der Waals surface area contributed by atoms with Crippen LogP contribution in [-0.2, 0) is 0 Å². The molecule has 52 heavy (non-hydrogen) atoms. The molecule has 4 heteroatoms. The van der Waals surface area contributed by atoms with Gasteiger partial charge in [0.2, 0.25) is 0 Å². The Bertz CT molecular complexity index is 3470. The Morgan fingerprint density at radius 3 is 1.87 bits per heavy atom. The van der Waals surface area contributed by atoms with E-state index in [1.807, 2.05) is 11.3 Å². The average molecular weight is 678 g/mol. The molecule has 0 radical (unpaired) electrons. The molecular weight excluding hydrogens is 651 g/mol. The lowest BCUT2D eigenvalue weighted by Crippen LogP contribution is -2.04. The van der Waals surface area contributed by atoms with Crippen LogP contribution in [0.4, 0.5) is 0 Å². The van der Waals surface area contributed by atoms with Crippen molar-refractivity contribution < 1.29 is 0 Å². The first-order valence-electron chi connectivity index (χ1n) is 17.7. The maximum absolute atomic E-state index is 5.72. The van der Waals surface area contributed by atoms with Crippen LogP contribution < -0.4 is 0 Å². The van der Waals surface area contributed by atoms with E-state index in [-0.39, 0.29) is 0 Å². The van der Waals surface area contributed by atoms with Crippen LogP contribution >= 0.6 is 11.3 Å². The summed E-state index contributed by atoms with van der Waals surface area (Å²) in [5.41, 5.74) is 6.03. The summed E-state index contributed by atoms with van der Waals surface area (Å²) in [6, 6.07) is 59.2. The molecule has 0 N–H and O–H groups in total. The Morgan fingerprint density at radius 1 is 0.442 bits per heavy atom. The molecule has 0 atom stereocenters. The monoisotopic (exact) mass is 677 g/mol. The van der Waals surface area contributed by atoms with Gasteiger partial charge < -0.3 is 0 Å². The second-order valence-electron chi connectivity index (χ2n) is 13.7. The first-order valence-corrected chi connectivity index (χ1v) is 18.5. The maximum Gasteiger partial charge on any atom is 0.165 e. The van der Waals surface area contributed by atoms with Crippen LogP contribution in [0.3, 0.4) is 0 Å². The fourth-order valence-electron chi connectivity index (χ4n) is 8.63. The molecule has 3 heterocycles. The Hall–Kier alpha value is -6.62. The zero-order valence-corrected chi connectivity index (χ0v) is 28.7. The number of fused-ring (bicyclic) bond motifs is 15. The minimum atomic E-state index is 0.839. The van der Waals surface area contributed by atoms with Crippen molar-refractivity contribution in [3.63, 3.8) is 0 Å². The molecule has 0 amide bonds. The van der Waals surface area contributed by atoms with Crippen molar-refractivity contribution in [2.75, 3.05) is 0 Å². The fraction of sp³-hybridized carbons (Fsp3) is 0. The number of rotatable bonds is 2. The molecule has 0 saturated heterocycles. The minimum absolute atomic E-state index is 0.839. The molecule has 0 unspecified atom stereocenters. The van der Waals surface area contributed by atoms with Gasteiger partial charge in [-0.1, -0.05) is 140 Å². The van der Waals surface area contributed by atoms with E-state index in [0.717, 1.165) is 49.8 Å². The SMILES string of the molecule is c1ccc2cc3c(cc2c1)sc1c3c2ccccc2c2c3ccccc3n(-c3nc4c(ccc5ccccc54)nc3-c3cccc4ccccc34)c12. The molecule has 3 nitrogen and oxygen atoms in total. The van der Waals surface area contributed by atoms with Gasteiger partial charge in [-0.05, 0) is 62.0 Å². The number of nitrogens with zero attached hydrogens (tertiary/aromatic N) is 3. The third-order valence-electron chi connectivity index (χ3n) is 10.9. The van der Waals surface area contributed by atoms with E-state index in [1.54, 1.807) is 0 Å². The van der Waals surface area contributed by atoms with E-state index >= 15 is 0 Å². The highest BCUT2D eigenvalue weighted by Gasteiger charge is 2.25. The lowest BCUT2D eigenvalue weighted by atomic mass is 9.98. The van der Waals surface area contributed by atoms with Gasteiger partial charge in [-0.25, -0.2) is 9.97 Å². The van der Waals surface area contributed by atoms with E-state index in [4.69, 9.17) is 9.97 Å². The molecule has 0 fully saturated rings. The number of para-hydroxylation sites is 1. The van der Waals surface area contributed by atoms with Crippen molar-refractivity contribution in [1.29, 1.82) is 0 Å². The van der Waals surface area contributed by atoms with E-state index in [1.165, 1.54) is 63.4 Å². The molecule has 0 aliphatic carbocycles. The van der Waals surface area contributed by atoms with E-state index in [2.05, 4.69) is 168 Å². The van der Waals surface area contributed by atoms with Crippen molar-refractivity contribution >= 4 is 107 Å². The van der Waals surface area contributed by atoms with Crippen molar-refractivity contribution in [2.45, 2.75) is 0 Å². The lowest BCUT2D eigenvalue weighted by Gasteiger charge is -2.16. The quantitative estimate of drug-likeness (QED) is 0.171. The van der Waals surface area contributed by atoms with Crippen LogP contribution in [0.5, 0.6) is 0 Å². The molecule has 12 aromatic rings. The number of hydrogen-bond donors (Lipinski definition) is 0. The Morgan fingerprint density at radius 2 is 1.06 bits per heavy atom. The molecule has 0 aliphatic rings. The highest BCUT2D eigenvalue weighted by atomic mass is 32.1. The summed E-state index contributed by atoms with van der Waals surface area (Å²) in [4.78, 5) is 11.3. The smallest absolute Gasteiger partial charge is 0.165 e. The molecule has 240 valence electrons. The maximum atomic E-state index is 5.72. The molecule has 3 aromatic heterocycles. The van der Waals surface area contributed by atoms with Gasteiger partial charge >= 0.3 is 0 Å². The fourth-order valence-corrected chi connectivity index (χ4v) is 9.92. The highest BCUT2D eigenvalue weighted by molar-refractivity contribution is 7.27. The van der Waals surface area contributed by atoms with Crippen LogP contribution in [0.2, 0.25) is 0 Å². The van der Waals surface area contributed by atoms with Crippen LogP contribution in [0.25, 0.3) is 113 Å².